The van der Waals surface area contributed by atoms with E-state index in [4.69, 9.17) is 4.43 Å². The molecule has 2 heterocycles. The average molecular weight is 412 g/mol. The van der Waals surface area contributed by atoms with Crippen LogP contribution in [0.1, 0.15) is 55.0 Å². The number of nitrogens with zero attached hydrogens (tertiary/aromatic N) is 3. The summed E-state index contributed by atoms with van der Waals surface area (Å²) in [6.07, 6.45) is -0.735. The second-order valence-corrected chi connectivity index (χ2v) is 14.3. The summed E-state index contributed by atoms with van der Waals surface area (Å²) in [6.45, 7) is 15.9. The van der Waals surface area contributed by atoms with E-state index in [2.05, 4.69) is 63.1 Å². The van der Waals surface area contributed by atoms with Gasteiger partial charge in [0.15, 0.2) is 14.0 Å². The highest BCUT2D eigenvalue weighted by Gasteiger charge is 2.37. The van der Waals surface area contributed by atoms with Crippen molar-refractivity contribution in [3.63, 3.8) is 0 Å². The molecule has 5 nitrogen and oxygen atoms in total. The van der Waals surface area contributed by atoms with Gasteiger partial charge in [0, 0.05) is 12.4 Å². The van der Waals surface area contributed by atoms with Crippen LogP contribution in [0.25, 0.3) is 11.0 Å². The molecule has 2 aromatic heterocycles. The molecule has 0 amide bonds. The van der Waals surface area contributed by atoms with Crippen molar-refractivity contribution < 1.29 is 9.53 Å². The highest BCUT2D eigenvalue weighted by Crippen LogP contribution is 2.37. The lowest BCUT2D eigenvalue weighted by molar-refractivity contribution is 0.211. The number of aryl methyl sites for hydroxylation is 3. The molecule has 3 aromatic rings. The number of aliphatic hydroxyl groups excluding tert-OH is 1. The van der Waals surface area contributed by atoms with Crippen molar-refractivity contribution in [1.29, 1.82) is 0 Å². The molecule has 0 radical (unpaired) electrons. The van der Waals surface area contributed by atoms with Gasteiger partial charge in [-0.25, -0.2) is 0 Å². The summed E-state index contributed by atoms with van der Waals surface area (Å²) in [5.74, 6) is 0. The minimum absolute atomic E-state index is 0.167. The van der Waals surface area contributed by atoms with Crippen molar-refractivity contribution in [1.82, 2.24) is 14.8 Å². The van der Waals surface area contributed by atoms with Crippen molar-refractivity contribution in [2.24, 2.45) is 7.05 Å². The van der Waals surface area contributed by atoms with Gasteiger partial charge < -0.3 is 14.1 Å². The standard InChI is InChI=1S/C23H33N3O2Si/c1-15-9-10-17(12-19(15)14-28-29(7,8)23(3,4)5)21(27)20-13-18-11-16(2)24-25-22(18)26(20)6/h9-13,21,27H,14H2,1-8H3. The molecular weight excluding hydrogens is 378 g/mol. The third-order valence-corrected chi connectivity index (χ3v) is 10.8. The van der Waals surface area contributed by atoms with E-state index in [1.807, 2.05) is 36.7 Å². The summed E-state index contributed by atoms with van der Waals surface area (Å²) in [5, 5.41) is 20.7. The van der Waals surface area contributed by atoms with Gasteiger partial charge in [0.1, 0.15) is 6.10 Å². The molecule has 6 heteroatoms. The van der Waals surface area contributed by atoms with E-state index in [1.54, 1.807) is 0 Å². The molecular formula is C23H33N3O2Si. The molecule has 3 rings (SSSR count). The maximum Gasteiger partial charge on any atom is 0.192 e. The topological polar surface area (TPSA) is 60.2 Å². The van der Waals surface area contributed by atoms with Crippen molar-refractivity contribution in [3.05, 3.63) is 58.4 Å². The summed E-state index contributed by atoms with van der Waals surface area (Å²) in [6, 6.07) is 10.1. The molecule has 0 saturated carbocycles. The van der Waals surface area contributed by atoms with Crippen LogP contribution in [0, 0.1) is 13.8 Å². The number of aromatic nitrogens is 3. The van der Waals surface area contributed by atoms with Crippen LogP contribution >= 0.6 is 0 Å². The molecule has 1 atom stereocenters. The van der Waals surface area contributed by atoms with E-state index in [1.165, 1.54) is 5.56 Å². The number of aliphatic hydroxyl groups is 1. The van der Waals surface area contributed by atoms with Crippen molar-refractivity contribution in [2.75, 3.05) is 0 Å². The largest absolute Gasteiger partial charge is 0.413 e. The second-order valence-electron chi connectivity index (χ2n) is 9.53. The van der Waals surface area contributed by atoms with Crippen LogP contribution in [0.15, 0.2) is 30.3 Å². The smallest absolute Gasteiger partial charge is 0.192 e. The SMILES string of the molecule is Cc1cc2cc(C(O)c3ccc(C)c(CO[Si](C)(C)C(C)(C)C)c3)n(C)c2nn1. The molecule has 29 heavy (non-hydrogen) atoms. The predicted molar refractivity (Wildman–Crippen MR) is 120 cm³/mol. The van der Waals surface area contributed by atoms with E-state index >= 15 is 0 Å². The summed E-state index contributed by atoms with van der Waals surface area (Å²) < 4.78 is 8.33. The Morgan fingerprint density at radius 1 is 1.10 bits per heavy atom. The van der Waals surface area contributed by atoms with E-state index in [0.717, 1.165) is 33.5 Å². The van der Waals surface area contributed by atoms with Gasteiger partial charge in [-0.3, -0.25) is 0 Å². The molecule has 0 fully saturated rings. The lowest BCUT2D eigenvalue weighted by atomic mass is 10.0. The van der Waals surface area contributed by atoms with Crippen LogP contribution < -0.4 is 0 Å². The maximum absolute atomic E-state index is 11.1. The fourth-order valence-corrected chi connectivity index (χ4v) is 4.12. The second kappa shape index (κ2) is 7.67. The Balaban J connectivity index is 1.90. The molecule has 0 spiro atoms. The third kappa shape index (κ3) is 4.29. The average Bonchev–Trinajstić information content (AvgIpc) is 2.95. The molecule has 156 valence electrons. The highest BCUT2D eigenvalue weighted by atomic mass is 28.4. The number of hydrogen-bond donors (Lipinski definition) is 1. The van der Waals surface area contributed by atoms with Crippen LogP contribution in [0.5, 0.6) is 0 Å². The normalized spacial score (nSPS) is 13.8. The van der Waals surface area contributed by atoms with Gasteiger partial charge in [-0.2, -0.15) is 5.10 Å². The van der Waals surface area contributed by atoms with Gasteiger partial charge in [-0.1, -0.05) is 39.0 Å². The Bertz CT molecular complexity index is 1030. The fraction of sp³-hybridized carbons (Fsp3) is 0.478. The fourth-order valence-electron chi connectivity index (χ4n) is 3.17. The quantitative estimate of drug-likeness (QED) is 0.587. The van der Waals surface area contributed by atoms with E-state index in [-0.39, 0.29) is 5.04 Å². The Labute approximate surface area is 174 Å². The third-order valence-electron chi connectivity index (χ3n) is 6.30. The molecule has 0 aliphatic carbocycles. The maximum atomic E-state index is 11.1. The molecule has 1 aromatic carbocycles. The lowest BCUT2D eigenvalue weighted by Gasteiger charge is -2.36. The summed E-state index contributed by atoms with van der Waals surface area (Å²) >= 11 is 0. The van der Waals surface area contributed by atoms with Crippen molar-refractivity contribution >= 4 is 19.4 Å². The lowest BCUT2D eigenvalue weighted by Crippen LogP contribution is -2.40. The molecule has 0 saturated heterocycles. The Hall–Kier alpha value is -2.02. The van der Waals surface area contributed by atoms with Gasteiger partial charge >= 0.3 is 0 Å². The summed E-state index contributed by atoms with van der Waals surface area (Å²) in [4.78, 5) is 0. The number of hydrogen-bond acceptors (Lipinski definition) is 4. The first-order valence-corrected chi connectivity index (χ1v) is 13.0. The van der Waals surface area contributed by atoms with Crippen LogP contribution in [-0.4, -0.2) is 28.2 Å². The number of fused-ring (bicyclic) bond motifs is 1. The first-order chi connectivity index (χ1) is 13.4. The van der Waals surface area contributed by atoms with Gasteiger partial charge in [0.25, 0.3) is 0 Å². The predicted octanol–water partition coefficient (Wildman–Crippen LogP) is 5.19. The molecule has 0 bridgehead atoms. The first-order valence-electron chi connectivity index (χ1n) is 10.1. The van der Waals surface area contributed by atoms with Gasteiger partial charge in [0.05, 0.1) is 18.0 Å². The van der Waals surface area contributed by atoms with Gasteiger partial charge in [-0.15, -0.1) is 5.10 Å². The number of rotatable bonds is 5. The van der Waals surface area contributed by atoms with Crippen LogP contribution in [0.4, 0.5) is 0 Å². The van der Waals surface area contributed by atoms with Crippen LogP contribution in [0.2, 0.25) is 18.1 Å². The zero-order valence-corrected chi connectivity index (χ0v) is 19.9. The zero-order valence-electron chi connectivity index (χ0n) is 18.9. The number of benzene rings is 1. The first kappa shape index (κ1) is 21.7. The Morgan fingerprint density at radius 2 is 1.79 bits per heavy atom. The summed E-state index contributed by atoms with van der Waals surface area (Å²) in [5.41, 5.74) is 5.61. The molecule has 0 aliphatic rings. The van der Waals surface area contributed by atoms with Gasteiger partial charge in [-0.05, 0) is 60.8 Å². The van der Waals surface area contributed by atoms with E-state index in [0.29, 0.717) is 6.61 Å². The molecule has 0 aliphatic heterocycles. The Kier molecular flexibility index (Phi) is 5.73. The van der Waals surface area contributed by atoms with E-state index < -0.39 is 14.4 Å². The van der Waals surface area contributed by atoms with Crippen LogP contribution in [0.3, 0.4) is 0 Å². The minimum atomic E-state index is -1.84. The van der Waals surface area contributed by atoms with E-state index in [9.17, 15) is 5.11 Å². The summed E-state index contributed by atoms with van der Waals surface area (Å²) in [7, 11) is 0.0797. The van der Waals surface area contributed by atoms with Crippen molar-refractivity contribution in [2.45, 2.75) is 65.5 Å². The Morgan fingerprint density at radius 3 is 2.45 bits per heavy atom. The molecule has 1 N–H and O–H groups in total. The molecule has 1 unspecified atom stereocenters. The van der Waals surface area contributed by atoms with Crippen molar-refractivity contribution in [3.8, 4) is 0 Å². The minimum Gasteiger partial charge on any atom is -0.413 e. The monoisotopic (exact) mass is 411 g/mol. The highest BCUT2D eigenvalue weighted by molar-refractivity contribution is 6.74. The zero-order chi connectivity index (χ0) is 21.6. The van der Waals surface area contributed by atoms with Crippen LogP contribution in [-0.2, 0) is 18.1 Å². The van der Waals surface area contributed by atoms with Gasteiger partial charge in [0.2, 0.25) is 0 Å².